The van der Waals surface area contributed by atoms with Crippen molar-refractivity contribution in [2.24, 2.45) is 17.8 Å². The van der Waals surface area contributed by atoms with Crippen LogP contribution < -0.4 is 5.32 Å². The molecule has 134 valence electrons. The fourth-order valence-electron chi connectivity index (χ4n) is 3.50. The van der Waals surface area contributed by atoms with E-state index in [2.05, 4.69) is 5.32 Å². The zero-order valence-electron chi connectivity index (χ0n) is 13.8. The average molecular weight is 348 g/mol. The van der Waals surface area contributed by atoms with Gasteiger partial charge in [0.05, 0.1) is 11.8 Å². The highest BCUT2D eigenvalue weighted by atomic mass is 19.1. The molecule has 2 aliphatic rings. The number of amides is 2. The molecule has 1 saturated carbocycles. The number of piperidine rings is 1. The fourth-order valence-corrected chi connectivity index (χ4v) is 3.50. The van der Waals surface area contributed by atoms with E-state index in [9.17, 15) is 18.8 Å². The Balaban J connectivity index is 1.50. The quantitative estimate of drug-likeness (QED) is 0.872. The van der Waals surface area contributed by atoms with Gasteiger partial charge >= 0.3 is 5.97 Å². The second kappa shape index (κ2) is 7.21. The summed E-state index contributed by atoms with van der Waals surface area (Å²) in [6.07, 6.45) is 2.22. The lowest BCUT2D eigenvalue weighted by Gasteiger charge is -2.39. The van der Waals surface area contributed by atoms with Crippen molar-refractivity contribution < 1.29 is 23.9 Å². The number of nitrogens with zero attached hydrogens (tertiary/aromatic N) is 1. The van der Waals surface area contributed by atoms with Gasteiger partial charge in [0, 0.05) is 24.7 Å². The Morgan fingerprint density at radius 3 is 2.32 bits per heavy atom. The van der Waals surface area contributed by atoms with Gasteiger partial charge in [0.1, 0.15) is 5.82 Å². The van der Waals surface area contributed by atoms with E-state index in [0.29, 0.717) is 44.5 Å². The standard InChI is InChI=1S/C18H21FN2O4/c19-12-2-1-3-13(10-12)20-16(22)11-6-8-21(9-7-11)17(23)14-4-5-15(14)18(24)25/h1-3,10-11,14-15H,4-9H2,(H,20,22)(H,24,25). The minimum atomic E-state index is -0.908. The van der Waals surface area contributed by atoms with Gasteiger partial charge in [0.25, 0.3) is 0 Å². The molecule has 1 aliphatic carbocycles. The molecule has 1 aromatic rings. The van der Waals surface area contributed by atoms with Crippen LogP contribution in [0.2, 0.25) is 0 Å². The summed E-state index contributed by atoms with van der Waals surface area (Å²) in [5, 5.41) is 11.8. The Bertz CT molecular complexity index is 685. The molecule has 0 spiro atoms. The normalized spacial score (nSPS) is 23.6. The molecule has 1 aromatic carbocycles. The van der Waals surface area contributed by atoms with Crippen molar-refractivity contribution in [2.45, 2.75) is 25.7 Å². The fraction of sp³-hybridized carbons (Fsp3) is 0.500. The maximum absolute atomic E-state index is 13.2. The third-order valence-corrected chi connectivity index (χ3v) is 5.18. The summed E-state index contributed by atoms with van der Waals surface area (Å²) >= 11 is 0. The van der Waals surface area contributed by atoms with Crippen molar-refractivity contribution in [3.8, 4) is 0 Å². The van der Waals surface area contributed by atoms with Crippen molar-refractivity contribution in [1.82, 2.24) is 4.90 Å². The number of anilines is 1. The van der Waals surface area contributed by atoms with Crippen molar-refractivity contribution in [3.63, 3.8) is 0 Å². The zero-order valence-corrected chi connectivity index (χ0v) is 13.8. The van der Waals surface area contributed by atoms with Crippen LogP contribution in [0.3, 0.4) is 0 Å². The third-order valence-electron chi connectivity index (χ3n) is 5.18. The van der Waals surface area contributed by atoms with Crippen molar-refractivity contribution in [1.29, 1.82) is 0 Å². The summed E-state index contributed by atoms with van der Waals surface area (Å²) in [4.78, 5) is 37.4. The van der Waals surface area contributed by atoms with Crippen LogP contribution in [0.4, 0.5) is 10.1 Å². The Labute approximate surface area is 145 Å². The Morgan fingerprint density at radius 2 is 1.76 bits per heavy atom. The van der Waals surface area contributed by atoms with Gasteiger partial charge in [-0.1, -0.05) is 6.07 Å². The van der Waals surface area contributed by atoms with Gasteiger partial charge < -0.3 is 15.3 Å². The molecule has 2 fully saturated rings. The minimum Gasteiger partial charge on any atom is -0.481 e. The van der Waals surface area contributed by atoms with Gasteiger partial charge in [0.15, 0.2) is 0 Å². The maximum Gasteiger partial charge on any atom is 0.307 e. The van der Waals surface area contributed by atoms with Gasteiger partial charge in [0.2, 0.25) is 11.8 Å². The number of likely N-dealkylation sites (tertiary alicyclic amines) is 1. The highest BCUT2D eigenvalue weighted by Gasteiger charge is 2.43. The Hall–Kier alpha value is -2.44. The first-order valence-electron chi connectivity index (χ1n) is 8.53. The number of nitrogens with one attached hydrogen (secondary N) is 1. The van der Waals surface area contributed by atoms with E-state index < -0.39 is 23.6 Å². The van der Waals surface area contributed by atoms with Crippen LogP contribution in [0.15, 0.2) is 24.3 Å². The molecule has 2 unspecified atom stereocenters. The zero-order chi connectivity index (χ0) is 18.0. The monoisotopic (exact) mass is 348 g/mol. The molecule has 0 bridgehead atoms. The number of carbonyl (C=O) groups excluding carboxylic acids is 2. The van der Waals surface area contributed by atoms with Gasteiger partial charge in [-0.2, -0.15) is 0 Å². The average Bonchev–Trinajstić information content (AvgIpc) is 2.53. The van der Waals surface area contributed by atoms with Crippen LogP contribution in [-0.4, -0.2) is 40.9 Å². The maximum atomic E-state index is 13.2. The van der Waals surface area contributed by atoms with E-state index in [4.69, 9.17) is 5.11 Å². The van der Waals surface area contributed by atoms with Crippen LogP contribution in [0.1, 0.15) is 25.7 Å². The number of hydrogen-bond donors (Lipinski definition) is 2. The number of hydrogen-bond acceptors (Lipinski definition) is 3. The smallest absolute Gasteiger partial charge is 0.307 e. The summed E-state index contributed by atoms with van der Waals surface area (Å²) in [5.41, 5.74) is 0.419. The van der Waals surface area contributed by atoms with E-state index in [1.54, 1.807) is 11.0 Å². The van der Waals surface area contributed by atoms with Crippen LogP contribution in [0.25, 0.3) is 0 Å². The van der Waals surface area contributed by atoms with Gasteiger partial charge in [-0.25, -0.2) is 4.39 Å². The van der Waals surface area contributed by atoms with Crippen molar-refractivity contribution >= 4 is 23.5 Å². The van der Waals surface area contributed by atoms with E-state index in [1.165, 1.54) is 18.2 Å². The number of carbonyl (C=O) groups is 3. The molecule has 1 heterocycles. The summed E-state index contributed by atoms with van der Waals surface area (Å²) in [6, 6.07) is 5.73. The SMILES string of the molecule is O=C(Nc1cccc(F)c1)C1CCN(C(=O)C2CCC2C(=O)O)CC1. The first kappa shape index (κ1) is 17.4. The lowest BCUT2D eigenvalue weighted by molar-refractivity contribution is -0.157. The highest BCUT2D eigenvalue weighted by Crippen LogP contribution is 2.36. The Morgan fingerprint density at radius 1 is 1.08 bits per heavy atom. The summed E-state index contributed by atoms with van der Waals surface area (Å²) < 4.78 is 13.2. The third kappa shape index (κ3) is 3.81. The summed E-state index contributed by atoms with van der Waals surface area (Å²) in [6.45, 7) is 0.895. The highest BCUT2D eigenvalue weighted by molar-refractivity contribution is 5.93. The van der Waals surface area contributed by atoms with Crippen LogP contribution in [0, 0.1) is 23.6 Å². The van der Waals surface area contributed by atoms with E-state index in [-0.39, 0.29) is 17.7 Å². The van der Waals surface area contributed by atoms with Crippen LogP contribution in [-0.2, 0) is 14.4 Å². The lowest BCUT2D eigenvalue weighted by Crippen LogP contribution is -2.49. The topological polar surface area (TPSA) is 86.7 Å². The molecular formula is C18H21FN2O4. The summed E-state index contributed by atoms with van der Waals surface area (Å²) in [7, 11) is 0. The molecule has 25 heavy (non-hydrogen) atoms. The number of benzene rings is 1. The molecule has 2 amide bonds. The number of carboxylic acids is 1. The molecule has 2 N–H and O–H groups in total. The van der Waals surface area contributed by atoms with Gasteiger partial charge in [-0.15, -0.1) is 0 Å². The first-order valence-corrected chi connectivity index (χ1v) is 8.53. The second-order valence-corrected chi connectivity index (χ2v) is 6.73. The molecule has 3 rings (SSSR count). The van der Waals surface area contributed by atoms with Gasteiger partial charge in [-0.05, 0) is 43.9 Å². The minimum absolute atomic E-state index is 0.109. The molecule has 1 aliphatic heterocycles. The van der Waals surface area contributed by atoms with Crippen LogP contribution in [0.5, 0.6) is 0 Å². The molecule has 2 atom stereocenters. The van der Waals surface area contributed by atoms with Gasteiger partial charge in [-0.3, -0.25) is 14.4 Å². The van der Waals surface area contributed by atoms with E-state index >= 15 is 0 Å². The molecule has 7 heteroatoms. The molecule has 6 nitrogen and oxygen atoms in total. The predicted molar refractivity (Wildman–Crippen MR) is 88.2 cm³/mol. The molecule has 1 saturated heterocycles. The summed E-state index contributed by atoms with van der Waals surface area (Å²) in [5.74, 6) is -2.83. The number of carboxylic acid groups (broad SMARTS) is 1. The molecular weight excluding hydrogens is 327 g/mol. The van der Waals surface area contributed by atoms with Crippen molar-refractivity contribution in [3.05, 3.63) is 30.1 Å². The van der Waals surface area contributed by atoms with E-state index in [1.807, 2.05) is 0 Å². The molecule has 0 aromatic heterocycles. The number of halogens is 1. The number of aliphatic carboxylic acids is 1. The Kier molecular flexibility index (Phi) is 5.01. The lowest BCUT2D eigenvalue weighted by atomic mass is 9.72. The molecule has 0 radical (unpaired) electrons. The number of rotatable bonds is 4. The van der Waals surface area contributed by atoms with Crippen molar-refractivity contribution in [2.75, 3.05) is 18.4 Å². The predicted octanol–water partition coefficient (Wildman–Crippen LogP) is 2.11. The van der Waals surface area contributed by atoms with E-state index in [0.717, 1.165) is 0 Å². The first-order chi connectivity index (χ1) is 12.0. The second-order valence-electron chi connectivity index (χ2n) is 6.73. The van der Waals surface area contributed by atoms with Crippen LogP contribution >= 0.6 is 0 Å². The largest absolute Gasteiger partial charge is 0.481 e.